The molecule has 0 aliphatic heterocycles. The van der Waals surface area contributed by atoms with Crippen LogP contribution in [0.1, 0.15) is 21.5 Å². The van der Waals surface area contributed by atoms with Crippen molar-refractivity contribution in [1.29, 1.82) is 5.26 Å². The second kappa shape index (κ2) is 4.37. The van der Waals surface area contributed by atoms with Crippen LogP contribution in [-0.2, 0) is 6.54 Å². The first kappa shape index (κ1) is 11.6. The number of aromatic carboxylic acids is 1. The molecule has 7 nitrogen and oxygen atoms in total. The van der Waals surface area contributed by atoms with Gasteiger partial charge in [0, 0.05) is 12.6 Å². The third kappa shape index (κ3) is 1.97. The predicted octanol–water partition coefficient (Wildman–Crippen LogP) is 0.623. The number of carboxylic acid groups (broad SMARTS) is 1. The number of benzene rings is 1. The highest BCUT2D eigenvalue weighted by molar-refractivity contribution is 5.90. The molecule has 0 heterocycles. The Morgan fingerprint density at radius 1 is 1.62 bits per heavy atom. The second-order valence-corrected chi connectivity index (χ2v) is 2.90. The van der Waals surface area contributed by atoms with Crippen molar-refractivity contribution in [3.8, 4) is 6.07 Å². The van der Waals surface area contributed by atoms with Crippen LogP contribution in [0, 0.1) is 21.4 Å². The molecule has 0 aliphatic carbocycles. The van der Waals surface area contributed by atoms with E-state index in [1.165, 1.54) is 0 Å². The number of hydrogen-bond donors (Lipinski definition) is 2. The Morgan fingerprint density at radius 3 is 2.62 bits per heavy atom. The summed E-state index contributed by atoms with van der Waals surface area (Å²) < 4.78 is 0. The maximum absolute atomic E-state index is 10.8. The van der Waals surface area contributed by atoms with Gasteiger partial charge in [-0.25, -0.2) is 4.79 Å². The van der Waals surface area contributed by atoms with Crippen LogP contribution in [0.2, 0.25) is 0 Å². The number of carboxylic acids is 1. The minimum Gasteiger partial charge on any atom is -0.478 e. The summed E-state index contributed by atoms with van der Waals surface area (Å²) in [5, 5.41) is 28.1. The number of hydrogen-bond acceptors (Lipinski definition) is 5. The summed E-state index contributed by atoms with van der Waals surface area (Å²) in [5.74, 6) is -1.31. The second-order valence-electron chi connectivity index (χ2n) is 2.90. The van der Waals surface area contributed by atoms with Crippen LogP contribution in [0.25, 0.3) is 0 Å². The van der Waals surface area contributed by atoms with Crippen molar-refractivity contribution in [1.82, 2.24) is 0 Å². The molecule has 1 rings (SSSR count). The topological polar surface area (TPSA) is 130 Å². The van der Waals surface area contributed by atoms with E-state index in [0.717, 1.165) is 12.1 Å². The van der Waals surface area contributed by atoms with Gasteiger partial charge >= 0.3 is 5.97 Å². The average Bonchev–Trinajstić information content (AvgIpc) is 2.26. The van der Waals surface area contributed by atoms with Crippen molar-refractivity contribution in [3.05, 3.63) is 38.9 Å². The van der Waals surface area contributed by atoms with Crippen LogP contribution < -0.4 is 5.73 Å². The van der Waals surface area contributed by atoms with E-state index >= 15 is 0 Å². The van der Waals surface area contributed by atoms with Gasteiger partial charge in [0.25, 0.3) is 5.69 Å². The van der Waals surface area contributed by atoms with Crippen LogP contribution in [0.5, 0.6) is 0 Å². The molecular formula is C9H7N3O4. The van der Waals surface area contributed by atoms with Gasteiger partial charge in [0.15, 0.2) is 0 Å². The zero-order valence-corrected chi connectivity index (χ0v) is 8.01. The number of rotatable bonds is 3. The molecule has 0 atom stereocenters. The molecule has 7 heteroatoms. The molecule has 0 saturated heterocycles. The summed E-state index contributed by atoms with van der Waals surface area (Å²) >= 11 is 0. The Bertz CT molecular complexity index is 504. The predicted molar refractivity (Wildman–Crippen MR) is 52.7 cm³/mol. The Labute approximate surface area is 89.9 Å². The number of carbonyl (C=O) groups is 1. The molecule has 0 unspecified atom stereocenters. The van der Waals surface area contributed by atoms with Gasteiger partial charge in [0.2, 0.25) is 0 Å². The summed E-state index contributed by atoms with van der Waals surface area (Å²) in [4.78, 5) is 20.6. The van der Waals surface area contributed by atoms with Gasteiger partial charge in [-0.05, 0) is 11.6 Å². The largest absolute Gasteiger partial charge is 0.478 e. The first-order valence-corrected chi connectivity index (χ1v) is 4.16. The van der Waals surface area contributed by atoms with Crippen molar-refractivity contribution in [2.45, 2.75) is 6.54 Å². The van der Waals surface area contributed by atoms with Gasteiger partial charge in [0.05, 0.1) is 10.5 Å². The Morgan fingerprint density at radius 2 is 2.25 bits per heavy atom. The molecule has 0 saturated carbocycles. The van der Waals surface area contributed by atoms with Gasteiger partial charge in [-0.1, -0.05) is 0 Å². The Hall–Kier alpha value is -2.46. The minimum absolute atomic E-state index is 0.103. The standard InChI is InChI=1S/C9H7N3O4/c10-3-5-1-6(4-11)8(12(15)16)2-7(5)9(13)14/h1-2H,3,10H2,(H,13,14). The van der Waals surface area contributed by atoms with Crippen LogP contribution in [-0.4, -0.2) is 16.0 Å². The van der Waals surface area contributed by atoms with E-state index in [1.807, 2.05) is 0 Å². The fourth-order valence-electron chi connectivity index (χ4n) is 1.24. The van der Waals surface area contributed by atoms with Crippen LogP contribution in [0.3, 0.4) is 0 Å². The summed E-state index contributed by atoms with van der Waals surface area (Å²) in [5.41, 5.74) is 4.50. The molecule has 0 amide bonds. The van der Waals surface area contributed by atoms with Gasteiger partial charge in [-0.3, -0.25) is 10.1 Å². The first-order valence-electron chi connectivity index (χ1n) is 4.16. The van der Waals surface area contributed by atoms with Crippen molar-refractivity contribution in [3.63, 3.8) is 0 Å². The molecule has 1 aromatic rings. The third-order valence-corrected chi connectivity index (χ3v) is 1.99. The van der Waals surface area contributed by atoms with Gasteiger partial charge in [-0.15, -0.1) is 0 Å². The molecular weight excluding hydrogens is 214 g/mol. The smallest absolute Gasteiger partial charge is 0.336 e. The maximum Gasteiger partial charge on any atom is 0.336 e. The Kier molecular flexibility index (Phi) is 3.17. The zero-order chi connectivity index (χ0) is 12.3. The summed E-state index contributed by atoms with van der Waals surface area (Å²) in [6, 6.07) is 3.60. The molecule has 0 aliphatic rings. The third-order valence-electron chi connectivity index (χ3n) is 1.99. The zero-order valence-electron chi connectivity index (χ0n) is 8.01. The van der Waals surface area contributed by atoms with E-state index in [1.54, 1.807) is 6.07 Å². The van der Waals surface area contributed by atoms with Crippen molar-refractivity contribution < 1.29 is 14.8 Å². The quantitative estimate of drug-likeness (QED) is 0.568. The van der Waals surface area contributed by atoms with E-state index in [9.17, 15) is 14.9 Å². The molecule has 0 bridgehead atoms. The van der Waals surface area contributed by atoms with Gasteiger partial charge in [-0.2, -0.15) is 5.26 Å². The molecule has 82 valence electrons. The minimum atomic E-state index is -1.31. The molecule has 0 fully saturated rings. The normalized spacial score (nSPS) is 9.50. The van der Waals surface area contributed by atoms with Crippen molar-refractivity contribution >= 4 is 11.7 Å². The highest BCUT2D eigenvalue weighted by Gasteiger charge is 2.20. The van der Waals surface area contributed by atoms with E-state index in [0.29, 0.717) is 0 Å². The lowest BCUT2D eigenvalue weighted by Gasteiger charge is -2.04. The van der Waals surface area contributed by atoms with Crippen LogP contribution >= 0.6 is 0 Å². The lowest BCUT2D eigenvalue weighted by atomic mass is 10.0. The van der Waals surface area contributed by atoms with Gasteiger partial charge in [0.1, 0.15) is 11.6 Å². The van der Waals surface area contributed by atoms with E-state index in [4.69, 9.17) is 16.1 Å². The molecule has 3 N–H and O–H groups in total. The highest BCUT2D eigenvalue weighted by atomic mass is 16.6. The van der Waals surface area contributed by atoms with E-state index < -0.39 is 16.6 Å². The SMILES string of the molecule is N#Cc1cc(CN)c(C(=O)O)cc1[N+](=O)[O-]. The molecule has 0 aromatic heterocycles. The lowest BCUT2D eigenvalue weighted by molar-refractivity contribution is -0.385. The monoisotopic (exact) mass is 221 g/mol. The van der Waals surface area contributed by atoms with Crippen molar-refractivity contribution in [2.75, 3.05) is 0 Å². The number of nitrogens with zero attached hydrogens (tertiary/aromatic N) is 2. The average molecular weight is 221 g/mol. The van der Waals surface area contributed by atoms with E-state index in [2.05, 4.69) is 0 Å². The number of nitriles is 1. The van der Waals surface area contributed by atoms with Crippen LogP contribution in [0.15, 0.2) is 12.1 Å². The Balaban J connectivity index is 3.54. The van der Waals surface area contributed by atoms with Crippen molar-refractivity contribution in [2.24, 2.45) is 5.73 Å². The maximum atomic E-state index is 10.8. The molecule has 0 radical (unpaired) electrons. The summed E-state index contributed by atoms with van der Waals surface area (Å²) in [7, 11) is 0. The fourth-order valence-corrected chi connectivity index (χ4v) is 1.24. The van der Waals surface area contributed by atoms with E-state index in [-0.39, 0.29) is 23.2 Å². The van der Waals surface area contributed by atoms with Crippen LogP contribution in [0.4, 0.5) is 5.69 Å². The lowest BCUT2D eigenvalue weighted by Crippen LogP contribution is -2.09. The fraction of sp³-hybridized carbons (Fsp3) is 0.111. The highest BCUT2D eigenvalue weighted by Crippen LogP contribution is 2.23. The molecule has 0 spiro atoms. The first-order chi connectivity index (χ1) is 7.51. The number of nitrogens with two attached hydrogens (primary N) is 1. The molecule has 1 aromatic carbocycles. The summed E-state index contributed by atoms with van der Waals surface area (Å²) in [6.45, 7) is -0.103. The number of nitro groups is 1. The van der Waals surface area contributed by atoms with Gasteiger partial charge < -0.3 is 10.8 Å². The summed E-state index contributed by atoms with van der Waals surface area (Å²) in [6.07, 6.45) is 0. The molecule has 16 heavy (non-hydrogen) atoms. The number of nitro benzene ring substituents is 1.